The van der Waals surface area contributed by atoms with Crippen LogP contribution in [0.2, 0.25) is 0 Å². The van der Waals surface area contributed by atoms with Crippen LogP contribution in [0.3, 0.4) is 0 Å². The molecule has 0 unspecified atom stereocenters. The number of carbonyl (C=O) groups excluding carboxylic acids is 2. The molecule has 2 atom stereocenters. The van der Waals surface area contributed by atoms with E-state index in [-0.39, 0.29) is 24.1 Å². The molecule has 3 aromatic rings. The molecule has 2 aromatic heterocycles. The fraction of sp³-hybridized carbons (Fsp3) is 0.458. The monoisotopic (exact) mass is 441 g/mol. The second-order valence-corrected chi connectivity index (χ2v) is 8.71. The highest BCUT2D eigenvalue weighted by Crippen LogP contribution is 2.35. The molecule has 2 N–H and O–H groups in total. The van der Waals surface area contributed by atoms with Gasteiger partial charge in [0, 0.05) is 22.7 Å². The Morgan fingerprint density at radius 3 is 2.59 bits per heavy atom. The molecule has 0 spiro atoms. The van der Waals surface area contributed by atoms with E-state index in [0.29, 0.717) is 11.3 Å². The van der Waals surface area contributed by atoms with Crippen molar-refractivity contribution in [3.8, 4) is 11.3 Å². The minimum atomic E-state index is -0.647. The quantitative estimate of drug-likeness (QED) is 0.462. The Bertz CT molecular complexity index is 1090. The summed E-state index contributed by atoms with van der Waals surface area (Å²) < 4.78 is 16.8. The smallest absolute Gasteiger partial charge is 0.408 e. The van der Waals surface area contributed by atoms with E-state index >= 15 is 0 Å². The molecule has 3 rings (SSSR count). The molecule has 172 valence electrons. The SMILES string of the molecule is CCOC(=O)c1nc([C@@H](NC(=O)OC(C)(C)C)[C@@H](C)CC)oc1-c1c[nH]c2ccccc12. The number of nitrogens with zero attached hydrogens (tertiary/aromatic N) is 1. The molecule has 0 saturated carbocycles. The Labute approximate surface area is 187 Å². The van der Waals surface area contributed by atoms with Crippen LogP contribution in [0.4, 0.5) is 4.79 Å². The molecule has 0 bridgehead atoms. The van der Waals surface area contributed by atoms with E-state index in [1.54, 1.807) is 33.9 Å². The minimum Gasteiger partial charge on any atom is -0.461 e. The van der Waals surface area contributed by atoms with Crippen molar-refractivity contribution in [2.75, 3.05) is 6.61 Å². The lowest BCUT2D eigenvalue weighted by Crippen LogP contribution is -2.37. The molecule has 8 nitrogen and oxygen atoms in total. The van der Waals surface area contributed by atoms with Crippen LogP contribution in [0, 0.1) is 5.92 Å². The summed E-state index contributed by atoms with van der Waals surface area (Å²) >= 11 is 0. The number of ether oxygens (including phenoxy) is 2. The summed E-state index contributed by atoms with van der Waals surface area (Å²) in [6.45, 7) is 11.3. The summed E-state index contributed by atoms with van der Waals surface area (Å²) in [6.07, 6.45) is 1.95. The zero-order chi connectivity index (χ0) is 23.5. The molecule has 2 heterocycles. The van der Waals surface area contributed by atoms with Crippen LogP contribution in [-0.4, -0.2) is 34.2 Å². The number of rotatable bonds is 7. The van der Waals surface area contributed by atoms with Crippen LogP contribution < -0.4 is 5.32 Å². The molecule has 0 radical (unpaired) electrons. The van der Waals surface area contributed by atoms with Crippen LogP contribution in [0.1, 0.15) is 70.4 Å². The maximum absolute atomic E-state index is 12.7. The highest BCUT2D eigenvalue weighted by molar-refractivity contribution is 6.01. The Morgan fingerprint density at radius 2 is 1.94 bits per heavy atom. The normalized spacial score (nSPS) is 13.6. The Balaban J connectivity index is 2.07. The molecule has 1 aromatic carbocycles. The maximum Gasteiger partial charge on any atom is 0.408 e. The zero-order valence-corrected chi connectivity index (χ0v) is 19.4. The molecule has 0 fully saturated rings. The number of para-hydroxylation sites is 1. The third kappa shape index (κ3) is 5.12. The van der Waals surface area contributed by atoms with Crippen molar-refractivity contribution in [3.63, 3.8) is 0 Å². The van der Waals surface area contributed by atoms with Gasteiger partial charge in [0.15, 0.2) is 11.5 Å². The van der Waals surface area contributed by atoms with Crippen molar-refractivity contribution in [1.29, 1.82) is 0 Å². The Hall–Kier alpha value is -3.29. The van der Waals surface area contributed by atoms with Gasteiger partial charge < -0.3 is 24.2 Å². The summed E-state index contributed by atoms with van der Waals surface area (Å²) in [6, 6.07) is 7.12. The van der Waals surface area contributed by atoms with Gasteiger partial charge in [-0.1, -0.05) is 38.5 Å². The van der Waals surface area contributed by atoms with Crippen LogP contribution in [0.25, 0.3) is 22.2 Å². The van der Waals surface area contributed by atoms with Gasteiger partial charge in [0.2, 0.25) is 5.89 Å². The van der Waals surface area contributed by atoms with Gasteiger partial charge in [-0.2, -0.15) is 0 Å². The fourth-order valence-corrected chi connectivity index (χ4v) is 3.37. The van der Waals surface area contributed by atoms with E-state index < -0.39 is 23.7 Å². The van der Waals surface area contributed by atoms with Crippen LogP contribution in [0.15, 0.2) is 34.9 Å². The summed E-state index contributed by atoms with van der Waals surface area (Å²) in [7, 11) is 0. The standard InChI is InChI=1S/C24H31N3O5/c1-7-14(3)18(27-23(29)32-24(4,5)6)21-26-19(22(28)30-8-2)20(31-21)16-13-25-17-12-10-9-11-15(16)17/h9-14,18,25H,7-8H2,1-6H3,(H,27,29)/t14-,18-/m0/s1. The Kier molecular flexibility index (Phi) is 6.91. The van der Waals surface area contributed by atoms with E-state index in [2.05, 4.69) is 15.3 Å². The number of aromatic amines is 1. The molecule has 1 amide bonds. The van der Waals surface area contributed by atoms with E-state index in [9.17, 15) is 9.59 Å². The molecule has 8 heteroatoms. The number of H-pyrrole nitrogens is 1. The van der Waals surface area contributed by atoms with E-state index in [0.717, 1.165) is 17.3 Å². The van der Waals surface area contributed by atoms with Gasteiger partial charge in [-0.05, 0) is 39.7 Å². The van der Waals surface area contributed by atoms with Gasteiger partial charge in [0.1, 0.15) is 11.6 Å². The number of carbonyl (C=O) groups is 2. The summed E-state index contributed by atoms with van der Waals surface area (Å²) in [5.74, 6) is -0.0706. The van der Waals surface area contributed by atoms with Gasteiger partial charge in [-0.25, -0.2) is 14.6 Å². The average Bonchev–Trinajstić information content (AvgIpc) is 3.34. The van der Waals surface area contributed by atoms with Gasteiger partial charge in [0.05, 0.1) is 6.61 Å². The number of hydrogen-bond donors (Lipinski definition) is 2. The fourth-order valence-electron chi connectivity index (χ4n) is 3.37. The minimum absolute atomic E-state index is 0.0213. The highest BCUT2D eigenvalue weighted by Gasteiger charge is 2.32. The number of oxazole rings is 1. The van der Waals surface area contributed by atoms with E-state index in [1.807, 2.05) is 38.1 Å². The second-order valence-electron chi connectivity index (χ2n) is 8.71. The lowest BCUT2D eigenvalue weighted by Gasteiger charge is -2.25. The van der Waals surface area contributed by atoms with Crippen molar-refractivity contribution in [2.24, 2.45) is 5.92 Å². The third-order valence-corrected chi connectivity index (χ3v) is 5.10. The molecule has 0 aliphatic rings. The highest BCUT2D eigenvalue weighted by atomic mass is 16.6. The van der Waals surface area contributed by atoms with Crippen LogP contribution >= 0.6 is 0 Å². The third-order valence-electron chi connectivity index (χ3n) is 5.10. The maximum atomic E-state index is 12.7. The van der Waals surface area contributed by atoms with Crippen molar-refractivity contribution in [2.45, 2.75) is 59.6 Å². The largest absolute Gasteiger partial charge is 0.461 e. The number of benzene rings is 1. The number of aromatic nitrogens is 2. The van der Waals surface area contributed by atoms with Crippen LogP contribution in [0.5, 0.6) is 0 Å². The van der Waals surface area contributed by atoms with Crippen molar-refractivity contribution in [1.82, 2.24) is 15.3 Å². The first-order valence-corrected chi connectivity index (χ1v) is 10.9. The first-order valence-electron chi connectivity index (χ1n) is 10.9. The predicted octanol–water partition coefficient (Wildman–Crippen LogP) is 5.61. The van der Waals surface area contributed by atoms with Crippen molar-refractivity contribution >= 4 is 23.0 Å². The van der Waals surface area contributed by atoms with Gasteiger partial charge in [-0.15, -0.1) is 0 Å². The molecule has 0 aliphatic carbocycles. The topological polar surface area (TPSA) is 106 Å². The van der Waals surface area contributed by atoms with Crippen LogP contribution in [-0.2, 0) is 9.47 Å². The van der Waals surface area contributed by atoms with Crippen molar-refractivity contribution in [3.05, 3.63) is 42.0 Å². The zero-order valence-electron chi connectivity index (χ0n) is 19.4. The molecular formula is C24H31N3O5. The van der Waals surface area contributed by atoms with Gasteiger partial charge >= 0.3 is 12.1 Å². The van der Waals surface area contributed by atoms with Gasteiger partial charge in [0.25, 0.3) is 0 Å². The van der Waals surface area contributed by atoms with Crippen molar-refractivity contribution < 1.29 is 23.5 Å². The summed E-state index contributed by atoms with van der Waals surface area (Å²) in [4.78, 5) is 32.9. The number of alkyl carbamates (subject to hydrolysis) is 1. The molecule has 0 aliphatic heterocycles. The first-order chi connectivity index (χ1) is 15.1. The number of esters is 1. The van der Waals surface area contributed by atoms with E-state index in [1.165, 1.54) is 0 Å². The lowest BCUT2D eigenvalue weighted by atomic mass is 9.99. The lowest BCUT2D eigenvalue weighted by molar-refractivity contribution is 0.0475. The second kappa shape index (κ2) is 9.46. The predicted molar refractivity (Wildman–Crippen MR) is 121 cm³/mol. The number of amides is 1. The number of nitrogens with one attached hydrogen (secondary N) is 2. The Morgan fingerprint density at radius 1 is 1.22 bits per heavy atom. The average molecular weight is 442 g/mol. The summed E-state index contributed by atoms with van der Waals surface area (Å²) in [5.41, 5.74) is 1.03. The molecule has 32 heavy (non-hydrogen) atoms. The number of fused-ring (bicyclic) bond motifs is 1. The molecule has 0 saturated heterocycles. The van der Waals surface area contributed by atoms with E-state index in [4.69, 9.17) is 13.9 Å². The molecular weight excluding hydrogens is 410 g/mol. The summed E-state index contributed by atoms with van der Waals surface area (Å²) in [5, 5.41) is 3.75. The van der Waals surface area contributed by atoms with Gasteiger partial charge in [-0.3, -0.25) is 0 Å². The number of hydrogen-bond acceptors (Lipinski definition) is 6. The first kappa shape index (κ1) is 23.4.